The normalized spacial score (nSPS) is 13.4. The van der Waals surface area contributed by atoms with Crippen molar-refractivity contribution in [1.82, 2.24) is 0 Å². The predicted molar refractivity (Wildman–Crippen MR) is 113 cm³/mol. The zero-order chi connectivity index (χ0) is 19.7. The molecule has 0 saturated heterocycles. The lowest BCUT2D eigenvalue weighted by atomic mass is 9.95. The van der Waals surface area contributed by atoms with Gasteiger partial charge in [-0.05, 0) is 56.4 Å². The molecule has 2 aromatic heterocycles. The summed E-state index contributed by atoms with van der Waals surface area (Å²) in [6, 6.07) is 5.71. The van der Waals surface area contributed by atoms with Crippen molar-refractivity contribution in [2.75, 3.05) is 11.9 Å². The second-order valence-electron chi connectivity index (χ2n) is 6.76. The summed E-state index contributed by atoms with van der Waals surface area (Å²) in [5, 5.41) is 4.45. The van der Waals surface area contributed by atoms with E-state index in [1.807, 2.05) is 18.2 Å². The van der Waals surface area contributed by atoms with E-state index < -0.39 is 0 Å². The topological polar surface area (TPSA) is 68.5 Å². The number of esters is 1. The fourth-order valence-electron chi connectivity index (χ4n) is 3.61. The molecule has 0 unspecified atom stereocenters. The fraction of sp³-hybridized carbons (Fsp3) is 0.333. The van der Waals surface area contributed by atoms with Crippen molar-refractivity contribution in [3.8, 4) is 0 Å². The molecule has 5 nitrogen and oxygen atoms in total. The average Bonchev–Trinajstić information content (AvgIpc) is 3.22. The van der Waals surface area contributed by atoms with Crippen LogP contribution in [0.4, 0.5) is 5.00 Å². The van der Waals surface area contributed by atoms with E-state index in [1.54, 1.807) is 13.2 Å². The van der Waals surface area contributed by atoms with Crippen LogP contribution < -0.4 is 5.32 Å². The van der Waals surface area contributed by atoms with E-state index in [0.717, 1.165) is 52.3 Å². The number of aryl methyl sites for hydroxylation is 1. The van der Waals surface area contributed by atoms with Gasteiger partial charge in [-0.3, -0.25) is 4.79 Å². The summed E-state index contributed by atoms with van der Waals surface area (Å²) in [5.41, 5.74) is 3.13. The Hall–Kier alpha value is -2.12. The molecule has 146 valence electrons. The molecule has 1 aromatic carbocycles. The average molecular weight is 462 g/mol. The van der Waals surface area contributed by atoms with Gasteiger partial charge in [-0.25, -0.2) is 4.79 Å². The SMILES string of the molecule is CCOC(=O)c1c(NC(=O)Cc2coc3ccc(Br)cc23)sc2c1CCCC2. The summed E-state index contributed by atoms with van der Waals surface area (Å²) < 4.78 is 11.7. The minimum absolute atomic E-state index is 0.174. The third kappa shape index (κ3) is 3.73. The minimum atomic E-state index is -0.352. The third-order valence-corrected chi connectivity index (χ3v) is 6.57. The number of halogens is 1. The quantitative estimate of drug-likeness (QED) is 0.509. The molecule has 7 heteroatoms. The molecule has 1 N–H and O–H groups in total. The standard InChI is InChI=1S/C21H20BrNO4S/c1-2-26-21(25)19-14-5-3-4-6-17(14)28-20(19)23-18(24)9-12-11-27-16-8-7-13(22)10-15(12)16/h7-8,10-11H,2-6,9H2,1H3,(H,23,24). The highest BCUT2D eigenvalue weighted by molar-refractivity contribution is 9.10. The Morgan fingerprint density at radius 2 is 2.11 bits per heavy atom. The molecule has 3 aromatic rings. The lowest BCUT2D eigenvalue weighted by Crippen LogP contribution is -2.17. The zero-order valence-corrected chi connectivity index (χ0v) is 17.9. The number of hydrogen-bond donors (Lipinski definition) is 1. The number of ether oxygens (including phenoxy) is 1. The number of amides is 1. The maximum atomic E-state index is 12.7. The molecule has 0 radical (unpaired) electrons. The Kier molecular flexibility index (Phi) is 5.55. The van der Waals surface area contributed by atoms with E-state index >= 15 is 0 Å². The number of anilines is 1. The second kappa shape index (κ2) is 8.09. The summed E-state index contributed by atoms with van der Waals surface area (Å²) in [4.78, 5) is 26.4. The summed E-state index contributed by atoms with van der Waals surface area (Å²) in [6.07, 6.45) is 5.76. The van der Waals surface area contributed by atoms with Crippen molar-refractivity contribution in [3.63, 3.8) is 0 Å². The number of fused-ring (bicyclic) bond motifs is 2. The van der Waals surface area contributed by atoms with Crippen molar-refractivity contribution in [2.45, 2.75) is 39.0 Å². The van der Waals surface area contributed by atoms with Crippen LogP contribution in [-0.2, 0) is 28.8 Å². The smallest absolute Gasteiger partial charge is 0.341 e. The Bertz CT molecular complexity index is 1050. The van der Waals surface area contributed by atoms with Gasteiger partial charge in [-0.1, -0.05) is 15.9 Å². The van der Waals surface area contributed by atoms with Gasteiger partial charge in [0.1, 0.15) is 10.6 Å². The number of furan rings is 1. The Labute approximate surface area is 175 Å². The fourth-order valence-corrected chi connectivity index (χ4v) is 5.26. The molecule has 1 aliphatic rings. The summed E-state index contributed by atoms with van der Waals surface area (Å²) in [5.74, 6) is -0.526. The van der Waals surface area contributed by atoms with Crippen LogP contribution >= 0.6 is 27.3 Å². The number of carbonyl (C=O) groups excluding carboxylic acids is 2. The summed E-state index contributed by atoms with van der Waals surface area (Å²) in [7, 11) is 0. The number of carbonyl (C=O) groups is 2. The third-order valence-electron chi connectivity index (χ3n) is 4.87. The van der Waals surface area contributed by atoms with Gasteiger partial charge in [-0.2, -0.15) is 0 Å². The van der Waals surface area contributed by atoms with Gasteiger partial charge in [0.15, 0.2) is 0 Å². The maximum Gasteiger partial charge on any atom is 0.341 e. The molecule has 28 heavy (non-hydrogen) atoms. The van der Waals surface area contributed by atoms with E-state index in [0.29, 0.717) is 17.2 Å². The van der Waals surface area contributed by atoms with E-state index in [2.05, 4.69) is 21.2 Å². The Balaban J connectivity index is 1.59. The molecular formula is C21H20BrNO4S. The van der Waals surface area contributed by atoms with E-state index in [9.17, 15) is 9.59 Å². The molecule has 0 fully saturated rings. The highest BCUT2D eigenvalue weighted by Crippen LogP contribution is 2.38. The lowest BCUT2D eigenvalue weighted by molar-refractivity contribution is -0.115. The van der Waals surface area contributed by atoms with Gasteiger partial charge in [0.05, 0.1) is 24.9 Å². The second-order valence-corrected chi connectivity index (χ2v) is 8.78. The van der Waals surface area contributed by atoms with Crippen molar-refractivity contribution in [1.29, 1.82) is 0 Å². The van der Waals surface area contributed by atoms with Crippen LogP contribution in [-0.4, -0.2) is 18.5 Å². The largest absolute Gasteiger partial charge is 0.464 e. The van der Waals surface area contributed by atoms with Gasteiger partial charge < -0.3 is 14.5 Å². The van der Waals surface area contributed by atoms with Crippen LogP contribution in [0, 0.1) is 0 Å². The number of thiophene rings is 1. The molecule has 1 amide bonds. The van der Waals surface area contributed by atoms with Crippen LogP contribution in [0.5, 0.6) is 0 Å². The van der Waals surface area contributed by atoms with Crippen molar-refractivity contribution in [2.24, 2.45) is 0 Å². The molecule has 0 bridgehead atoms. The monoisotopic (exact) mass is 461 g/mol. The van der Waals surface area contributed by atoms with Gasteiger partial charge >= 0.3 is 5.97 Å². The molecule has 0 saturated carbocycles. The van der Waals surface area contributed by atoms with Crippen LogP contribution in [0.3, 0.4) is 0 Å². The van der Waals surface area contributed by atoms with Crippen LogP contribution in [0.1, 0.15) is 46.1 Å². The van der Waals surface area contributed by atoms with E-state index in [-0.39, 0.29) is 18.3 Å². The van der Waals surface area contributed by atoms with Crippen molar-refractivity contribution in [3.05, 3.63) is 50.5 Å². The molecule has 0 aliphatic heterocycles. The predicted octanol–water partition coefficient (Wildman–Crippen LogP) is 5.49. The summed E-state index contributed by atoms with van der Waals surface area (Å²) in [6.45, 7) is 2.10. The van der Waals surface area contributed by atoms with E-state index in [1.165, 1.54) is 16.2 Å². The van der Waals surface area contributed by atoms with Crippen molar-refractivity contribution < 1.29 is 18.7 Å². The van der Waals surface area contributed by atoms with Crippen LogP contribution in [0.2, 0.25) is 0 Å². The molecule has 0 spiro atoms. The highest BCUT2D eigenvalue weighted by atomic mass is 79.9. The number of nitrogens with one attached hydrogen (secondary N) is 1. The first-order valence-electron chi connectivity index (χ1n) is 9.34. The van der Waals surface area contributed by atoms with Gasteiger partial charge in [0.2, 0.25) is 5.91 Å². The molecule has 0 atom stereocenters. The molecule has 2 heterocycles. The first-order valence-corrected chi connectivity index (χ1v) is 10.9. The number of hydrogen-bond acceptors (Lipinski definition) is 5. The maximum absolute atomic E-state index is 12.7. The number of benzene rings is 1. The molecular weight excluding hydrogens is 442 g/mol. The van der Waals surface area contributed by atoms with Crippen LogP contribution in [0.15, 0.2) is 33.4 Å². The summed E-state index contributed by atoms with van der Waals surface area (Å²) >= 11 is 4.95. The molecule has 4 rings (SSSR count). The van der Waals surface area contributed by atoms with Gasteiger partial charge in [0, 0.05) is 20.3 Å². The van der Waals surface area contributed by atoms with Gasteiger partial charge in [-0.15, -0.1) is 11.3 Å². The first kappa shape index (κ1) is 19.2. The van der Waals surface area contributed by atoms with E-state index in [4.69, 9.17) is 9.15 Å². The van der Waals surface area contributed by atoms with Gasteiger partial charge in [0.25, 0.3) is 0 Å². The Morgan fingerprint density at radius 3 is 2.93 bits per heavy atom. The first-order chi connectivity index (χ1) is 13.6. The lowest BCUT2D eigenvalue weighted by Gasteiger charge is -2.12. The van der Waals surface area contributed by atoms with Crippen molar-refractivity contribution >= 4 is 55.1 Å². The minimum Gasteiger partial charge on any atom is -0.464 e. The Morgan fingerprint density at radius 1 is 1.29 bits per heavy atom. The highest BCUT2D eigenvalue weighted by Gasteiger charge is 2.27. The zero-order valence-electron chi connectivity index (χ0n) is 15.5. The number of rotatable bonds is 5. The molecule has 1 aliphatic carbocycles. The van der Waals surface area contributed by atoms with Crippen LogP contribution in [0.25, 0.3) is 11.0 Å².